The number of nitrogens with zero attached hydrogens (tertiary/aromatic N) is 2. The second-order valence-electron chi connectivity index (χ2n) is 7.63. The largest absolute Gasteiger partial charge is 0.298 e. The lowest BCUT2D eigenvalue weighted by atomic mass is 10.2. The number of amides is 1. The monoisotopic (exact) mass is 494 g/mol. The van der Waals surface area contributed by atoms with Crippen LogP contribution in [0.1, 0.15) is 36.0 Å². The molecular formula is C20H22N4O5S3. The molecule has 12 heteroatoms. The summed E-state index contributed by atoms with van der Waals surface area (Å²) in [5.41, 5.74) is 0.797. The van der Waals surface area contributed by atoms with E-state index in [1.54, 1.807) is 7.05 Å². The van der Waals surface area contributed by atoms with Gasteiger partial charge >= 0.3 is 0 Å². The van der Waals surface area contributed by atoms with Crippen LogP contribution in [0.5, 0.6) is 0 Å². The Balaban J connectivity index is 1.50. The molecule has 1 saturated carbocycles. The van der Waals surface area contributed by atoms with E-state index >= 15 is 0 Å². The van der Waals surface area contributed by atoms with Gasteiger partial charge in [-0.3, -0.25) is 10.1 Å². The molecule has 170 valence electrons. The summed E-state index contributed by atoms with van der Waals surface area (Å²) >= 11 is 1.11. The van der Waals surface area contributed by atoms with Gasteiger partial charge < -0.3 is 0 Å². The standard InChI is InChI=1S/C20H22N4O5S3/c1-24(14-4-2-3-5-14)32(28,29)15-8-6-13(7-9-15)19(25)23-20-22-17-11-10-16(31(21,26)27)12-18(17)30-20/h6-12,14H,2-5H2,1H3,(H2,21,26,27)(H,22,23,25). The van der Waals surface area contributed by atoms with Gasteiger partial charge in [0.1, 0.15) is 0 Å². The van der Waals surface area contributed by atoms with E-state index in [0.29, 0.717) is 10.2 Å². The number of aromatic nitrogens is 1. The van der Waals surface area contributed by atoms with Crippen LogP contribution in [0.25, 0.3) is 10.2 Å². The predicted octanol–water partition coefficient (Wildman–Crippen LogP) is 2.76. The number of fused-ring (bicyclic) bond motifs is 1. The van der Waals surface area contributed by atoms with Gasteiger partial charge in [-0.2, -0.15) is 4.31 Å². The second kappa shape index (κ2) is 8.52. The molecule has 1 aliphatic rings. The van der Waals surface area contributed by atoms with E-state index in [1.165, 1.54) is 46.8 Å². The van der Waals surface area contributed by atoms with Crippen molar-refractivity contribution in [1.82, 2.24) is 9.29 Å². The van der Waals surface area contributed by atoms with Gasteiger partial charge in [0.2, 0.25) is 20.0 Å². The van der Waals surface area contributed by atoms with E-state index in [0.717, 1.165) is 37.0 Å². The average Bonchev–Trinajstić information content (AvgIpc) is 3.41. The van der Waals surface area contributed by atoms with E-state index in [1.807, 2.05) is 0 Å². The third-order valence-electron chi connectivity index (χ3n) is 5.54. The first kappa shape index (κ1) is 22.8. The Kier molecular flexibility index (Phi) is 6.07. The van der Waals surface area contributed by atoms with Crippen molar-refractivity contribution in [2.75, 3.05) is 12.4 Å². The molecule has 0 bridgehead atoms. The summed E-state index contributed by atoms with van der Waals surface area (Å²) in [5.74, 6) is -0.455. The van der Waals surface area contributed by atoms with Crippen molar-refractivity contribution >= 4 is 52.6 Å². The number of carbonyl (C=O) groups excluding carboxylic acids is 1. The number of hydrogen-bond donors (Lipinski definition) is 2. The Morgan fingerprint density at radius 1 is 1.06 bits per heavy atom. The second-order valence-corrected chi connectivity index (χ2v) is 12.2. The van der Waals surface area contributed by atoms with Crippen LogP contribution in [0.4, 0.5) is 5.13 Å². The van der Waals surface area contributed by atoms with Crippen LogP contribution in [0, 0.1) is 0 Å². The number of hydrogen-bond acceptors (Lipinski definition) is 7. The van der Waals surface area contributed by atoms with Gasteiger partial charge in [-0.15, -0.1) is 0 Å². The van der Waals surface area contributed by atoms with Crippen molar-refractivity contribution in [3.05, 3.63) is 48.0 Å². The fourth-order valence-corrected chi connectivity index (χ4v) is 6.64. The first-order chi connectivity index (χ1) is 15.1. The summed E-state index contributed by atoms with van der Waals surface area (Å²) in [7, 11) is -5.87. The Morgan fingerprint density at radius 3 is 2.31 bits per heavy atom. The lowest BCUT2D eigenvalue weighted by molar-refractivity contribution is 0.102. The highest BCUT2D eigenvalue weighted by atomic mass is 32.2. The smallest absolute Gasteiger partial charge is 0.257 e. The number of sulfonamides is 2. The fourth-order valence-electron chi connectivity index (χ4n) is 3.71. The quantitative estimate of drug-likeness (QED) is 0.540. The molecule has 0 spiro atoms. The first-order valence-electron chi connectivity index (χ1n) is 9.88. The highest BCUT2D eigenvalue weighted by molar-refractivity contribution is 7.89. The van der Waals surface area contributed by atoms with Gasteiger partial charge in [0.05, 0.1) is 20.0 Å². The molecule has 0 saturated heterocycles. The zero-order valence-corrected chi connectivity index (χ0v) is 19.6. The molecule has 1 fully saturated rings. The summed E-state index contributed by atoms with van der Waals surface area (Å²) in [6.07, 6.45) is 3.77. The number of primary sulfonamides is 1. The van der Waals surface area contributed by atoms with Gasteiger partial charge in [0, 0.05) is 18.7 Å². The number of carbonyl (C=O) groups is 1. The van der Waals surface area contributed by atoms with Gasteiger partial charge in [0.25, 0.3) is 5.91 Å². The molecule has 0 atom stereocenters. The van der Waals surface area contributed by atoms with Gasteiger partial charge in [0.15, 0.2) is 5.13 Å². The van der Waals surface area contributed by atoms with Crippen LogP contribution in [0.15, 0.2) is 52.3 Å². The van der Waals surface area contributed by atoms with E-state index < -0.39 is 26.0 Å². The summed E-state index contributed by atoms with van der Waals surface area (Å²) < 4.78 is 50.7. The molecule has 32 heavy (non-hydrogen) atoms. The molecule has 1 aromatic heterocycles. The molecule has 0 aliphatic heterocycles. The Bertz CT molecular complexity index is 1380. The molecule has 1 aliphatic carbocycles. The van der Waals surface area contributed by atoms with Crippen LogP contribution in [-0.4, -0.2) is 45.1 Å². The fraction of sp³-hybridized carbons (Fsp3) is 0.300. The van der Waals surface area contributed by atoms with Crippen LogP contribution in [-0.2, 0) is 20.0 Å². The topological polar surface area (TPSA) is 140 Å². The molecule has 3 N–H and O–H groups in total. The predicted molar refractivity (Wildman–Crippen MR) is 123 cm³/mol. The minimum absolute atomic E-state index is 0.0109. The van der Waals surface area contributed by atoms with Crippen molar-refractivity contribution in [1.29, 1.82) is 0 Å². The average molecular weight is 495 g/mol. The Labute approximate surface area is 190 Å². The van der Waals surface area contributed by atoms with Crippen molar-refractivity contribution in [2.45, 2.75) is 41.5 Å². The van der Waals surface area contributed by atoms with E-state index in [2.05, 4.69) is 10.3 Å². The van der Waals surface area contributed by atoms with Crippen LogP contribution in [0.3, 0.4) is 0 Å². The van der Waals surface area contributed by atoms with Crippen molar-refractivity contribution < 1.29 is 21.6 Å². The lowest BCUT2D eigenvalue weighted by Crippen LogP contribution is -2.35. The van der Waals surface area contributed by atoms with E-state index in [9.17, 15) is 21.6 Å². The van der Waals surface area contributed by atoms with Crippen LogP contribution >= 0.6 is 11.3 Å². The summed E-state index contributed by atoms with van der Waals surface area (Å²) in [4.78, 5) is 17.0. The highest BCUT2D eigenvalue weighted by Crippen LogP contribution is 2.29. The number of thiazole rings is 1. The minimum atomic E-state index is -3.84. The minimum Gasteiger partial charge on any atom is -0.298 e. The molecule has 4 rings (SSSR count). The number of nitrogens with two attached hydrogens (primary N) is 1. The van der Waals surface area contributed by atoms with Crippen molar-refractivity contribution in [2.24, 2.45) is 5.14 Å². The number of nitrogens with one attached hydrogen (secondary N) is 1. The molecule has 0 unspecified atom stereocenters. The molecule has 0 radical (unpaired) electrons. The molecule has 1 amide bonds. The SMILES string of the molecule is CN(C1CCCC1)S(=O)(=O)c1ccc(C(=O)Nc2nc3ccc(S(N)(=O)=O)cc3s2)cc1. The van der Waals surface area contributed by atoms with Gasteiger partial charge in [-0.1, -0.05) is 24.2 Å². The molecule has 9 nitrogen and oxygen atoms in total. The summed E-state index contributed by atoms with van der Waals surface area (Å²) in [6, 6.07) is 10.0. The number of benzene rings is 2. The number of rotatable bonds is 6. The Morgan fingerprint density at radius 2 is 1.69 bits per heavy atom. The Hall–Kier alpha value is -2.38. The zero-order valence-electron chi connectivity index (χ0n) is 17.2. The van der Waals surface area contributed by atoms with Crippen molar-refractivity contribution in [3.63, 3.8) is 0 Å². The van der Waals surface area contributed by atoms with E-state index in [4.69, 9.17) is 5.14 Å². The molecule has 2 aromatic carbocycles. The summed E-state index contributed by atoms with van der Waals surface area (Å²) in [5, 5.41) is 8.09. The van der Waals surface area contributed by atoms with Crippen molar-refractivity contribution in [3.8, 4) is 0 Å². The molecular weight excluding hydrogens is 472 g/mol. The maximum atomic E-state index is 12.9. The first-order valence-corrected chi connectivity index (χ1v) is 13.7. The maximum Gasteiger partial charge on any atom is 0.257 e. The summed E-state index contributed by atoms with van der Waals surface area (Å²) in [6.45, 7) is 0. The van der Waals surface area contributed by atoms with Crippen LogP contribution < -0.4 is 10.5 Å². The highest BCUT2D eigenvalue weighted by Gasteiger charge is 2.30. The maximum absolute atomic E-state index is 12.9. The van der Waals surface area contributed by atoms with Gasteiger partial charge in [-0.05, 0) is 55.3 Å². The van der Waals surface area contributed by atoms with Gasteiger partial charge in [-0.25, -0.2) is 27.0 Å². The lowest BCUT2D eigenvalue weighted by Gasteiger charge is -2.23. The molecule has 1 heterocycles. The zero-order chi connectivity index (χ0) is 23.1. The number of anilines is 1. The normalized spacial score (nSPS) is 15.5. The van der Waals surface area contributed by atoms with Crippen LogP contribution in [0.2, 0.25) is 0 Å². The third kappa shape index (κ3) is 4.55. The molecule has 3 aromatic rings. The third-order valence-corrected chi connectivity index (χ3v) is 9.31. The van der Waals surface area contributed by atoms with E-state index in [-0.39, 0.29) is 26.5 Å².